The molecule has 2 aliphatic heterocycles. The number of nitrogens with one attached hydrogen (secondary N) is 2. The number of carbonyl (C=O) groups is 2. The predicted molar refractivity (Wildman–Crippen MR) is 104 cm³/mol. The number of halogens is 1. The van der Waals surface area contributed by atoms with Crippen LogP contribution in [0.3, 0.4) is 0 Å². The number of ether oxygens (including phenoxy) is 1. The van der Waals surface area contributed by atoms with E-state index in [-0.39, 0.29) is 23.7 Å². The molecule has 2 atom stereocenters. The van der Waals surface area contributed by atoms with Crippen LogP contribution in [0.5, 0.6) is 5.75 Å². The average molecular weight is 391 g/mol. The number of hydrogen-bond acceptors (Lipinski definition) is 4. The molecule has 2 heterocycles. The normalized spacial score (nSPS) is 22.1. The summed E-state index contributed by atoms with van der Waals surface area (Å²) in [4.78, 5) is 26.5. The van der Waals surface area contributed by atoms with Crippen LogP contribution in [0, 0.1) is 11.7 Å². The van der Waals surface area contributed by atoms with Crippen molar-refractivity contribution in [2.75, 3.05) is 32.8 Å². The molecule has 154 valence electrons. The highest BCUT2D eigenvalue weighted by Gasteiger charge is 2.26. The van der Waals surface area contributed by atoms with Crippen molar-refractivity contribution in [3.05, 3.63) is 30.1 Å². The van der Waals surface area contributed by atoms with E-state index >= 15 is 0 Å². The van der Waals surface area contributed by atoms with Gasteiger partial charge in [0.15, 0.2) is 0 Å². The predicted octanol–water partition coefficient (Wildman–Crippen LogP) is 2.09. The molecule has 6 nitrogen and oxygen atoms in total. The summed E-state index contributed by atoms with van der Waals surface area (Å²) in [7, 11) is 0. The second-order valence-corrected chi connectivity index (χ2v) is 7.65. The van der Waals surface area contributed by atoms with Crippen LogP contribution in [0.1, 0.15) is 38.5 Å². The number of rotatable bonds is 8. The third kappa shape index (κ3) is 6.19. The molecular weight excluding hydrogens is 361 g/mol. The molecule has 2 aliphatic rings. The van der Waals surface area contributed by atoms with E-state index in [1.807, 2.05) is 4.90 Å². The van der Waals surface area contributed by atoms with Gasteiger partial charge >= 0.3 is 0 Å². The zero-order chi connectivity index (χ0) is 19.8. The van der Waals surface area contributed by atoms with Gasteiger partial charge in [-0.2, -0.15) is 0 Å². The van der Waals surface area contributed by atoms with Gasteiger partial charge in [0.05, 0.1) is 12.6 Å². The Hall–Kier alpha value is -2.15. The van der Waals surface area contributed by atoms with Crippen molar-refractivity contribution in [3.8, 4) is 5.75 Å². The highest BCUT2D eigenvalue weighted by Crippen LogP contribution is 2.18. The highest BCUT2D eigenvalue weighted by molar-refractivity contribution is 5.82. The van der Waals surface area contributed by atoms with Crippen LogP contribution in [0.25, 0.3) is 0 Å². The fourth-order valence-corrected chi connectivity index (χ4v) is 3.86. The van der Waals surface area contributed by atoms with Gasteiger partial charge in [0.25, 0.3) is 0 Å². The zero-order valence-corrected chi connectivity index (χ0v) is 16.3. The van der Waals surface area contributed by atoms with Crippen molar-refractivity contribution < 1.29 is 18.7 Å². The summed E-state index contributed by atoms with van der Waals surface area (Å²) in [6, 6.07) is 5.96. The lowest BCUT2D eigenvalue weighted by atomic mass is 9.97. The van der Waals surface area contributed by atoms with Gasteiger partial charge in [0.1, 0.15) is 11.6 Å². The summed E-state index contributed by atoms with van der Waals surface area (Å²) in [5.41, 5.74) is 0. The fourth-order valence-electron chi connectivity index (χ4n) is 3.86. The summed E-state index contributed by atoms with van der Waals surface area (Å²) in [5.74, 6) is 0.667. The van der Waals surface area contributed by atoms with E-state index in [1.54, 1.807) is 12.1 Å². The molecule has 1 aromatic carbocycles. The van der Waals surface area contributed by atoms with Crippen molar-refractivity contribution >= 4 is 11.8 Å². The lowest BCUT2D eigenvalue weighted by molar-refractivity contribution is -0.133. The van der Waals surface area contributed by atoms with Gasteiger partial charge < -0.3 is 20.3 Å². The maximum absolute atomic E-state index is 13.1. The molecule has 2 amide bonds. The minimum atomic E-state index is -0.330. The van der Waals surface area contributed by atoms with Crippen LogP contribution in [0.4, 0.5) is 4.39 Å². The van der Waals surface area contributed by atoms with Gasteiger partial charge in [0.2, 0.25) is 11.8 Å². The van der Waals surface area contributed by atoms with Crippen LogP contribution in [-0.2, 0) is 9.59 Å². The Morgan fingerprint density at radius 3 is 2.96 bits per heavy atom. The molecule has 28 heavy (non-hydrogen) atoms. The maximum atomic E-state index is 13.1. The second-order valence-electron chi connectivity index (χ2n) is 7.65. The summed E-state index contributed by atoms with van der Waals surface area (Å²) in [5, 5.41) is 6.24. The van der Waals surface area contributed by atoms with Crippen molar-refractivity contribution in [2.45, 2.75) is 44.6 Å². The Morgan fingerprint density at radius 1 is 1.29 bits per heavy atom. The van der Waals surface area contributed by atoms with Gasteiger partial charge in [-0.3, -0.25) is 9.59 Å². The Morgan fingerprint density at radius 2 is 2.18 bits per heavy atom. The molecule has 2 N–H and O–H groups in total. The minimum Gasteiger partial charge on any atom is -0.493 e. The molecule has 0 bridgehead atoms. The fraction of sp³-hybridized carbons (Fsp3) is 0.619. The number of piperidine rings is 1. The average Bonchev–Trinajstić information content (AvgIpc) is 3.24. The molecule has 0 radical (unpaired) electrons. The van der Waals surface area contributed by atoms with Crippen LogP contribution in [0.2, 0.25) is 0 Å². The Bertz CT molecular complexity index is 664. The van der Waals surface area contributed by atoms with Crippen LogP contribution in [-0.4, -0.2) is 55.5 Å². The lowest BCUT2D eigenvalue weighted by Crippen LogP contribution is -2.46. The van der Waals surface area contributed by atoms with E-state index in [0.717, 1.165) is 38.8 Å². The number of benzene rings is 1. The first kappa shape index (κ1) is 20.6. The summed E-state index contributed by atoms with van der Waals surface area (Å²) < 4.78 is 18.6. The van der Waals surface area contributed by atoms with E-state index in [9.17, 15) is 14.0 Å². The van der Waals surface area contributed by atoms with Crippen LogP contribution in [0.15, 0.2) is 24.3 Å². The van der Waals surface area contributed by atoms with E-state index in [4.69, 9.17) is 4.74 Å². The standard InChI is InChI=1S/C21H30FN3O3/c22-17-6-1-7-18(13-17)28-12-4-9-20(26)25-11-3-5-16(15-25)14-24-21(27)19-8-2-10-23-19/h1,6-7,13,16,19,23H,2-5,8-12,14-15H2,(H,24,27). The third-order valence-electron chi connectivity index (χ3n) is 5.41. The molecule has 0 spiro atoms. The molecule has 0 aromatic heterocycles. The smallest absolute Gasteiger partial charge is 0.237 e. The molecular formula is C21H30FN3O3. The molecule has 2 fully saturated rings. The third-order valence-corrected chi connectivity index (χ3v) is 5.41. The number of amides is 2. The first-order valence-electron chi connectivity index (χ1n) is 10.3. The first-order chi connectivity index (χ1) is 13.6. The van der Waals surface area contributed by atoms with E-state index in [0.29, 0.717) is 44.2 Å². The molecule has 1 aromatic rings. The quantitative estimate of drug-likeness (QED) is 0.666. The molecule has 3 rings (SSSR count). The Balaban J connectivity index is 1.33. The van der Waals surface area contributed by atoms with E-state index < -0.39 is 0 Å². The molecule has 0 saturated carbocycles. The number of nitrogens with zero attached hydrogens (tertiary/aromatic N) is 1. The number of hydrogen-bond donors (Lipinski definition) is 2. The van der Waals surface area contributed by atoms with Crippen molar-refractivity contribution in [1.29, 1.82) is 0 Å². The van der Waals surface area contributed by atoms with Crippen molar-refractivity contribution in [3.63, 3.8) is 0 Å². The monoisotopic (exact) mass is 391 g/mol. The number of carbonyl (C=O) groups excluding carboxylic acids is 2. The topological polar surface area (TPSA) is 70.7 Å². The lowest BCUT2D eigenvalue weighted by Gasteiger charge is -2.33. The largest absolute Gasteiger partial charge is 0.493 e. The van der Waals surface area contributed by atoms with E-state index in [2.05, 4.69) is 10.6 Å². The van der Waals surface area contributed by atoms with Gasteiger partial charge in [-0.15, -0.1) is 0 Å². The number of likely N-dealkylation sites (tertiary alicyclic amines) is 1. The van der Waals surface area contributed by atoms with Gasteiger partial charge in [-0.05, 0) is 56.7 Å². The molecule has 0 aliphatic carbocycles. The first-order valence-corrected chi connectivity index (χ1v) is 10.3. The Kier molecular flexibility index (Phi) is 7.65. The van der Waals surface area contributed by atoms with Gasteiger partial charge in [-0.1, -0.05) is 6.07 Å². The maximum Gasteiger partial charge on any atom is 0.237 e. The minimum absolute atomic E-state index is 0.0561. The Labute approximate surface area is 165 Å². The van der Waals surface area contributed by atoms with Gasteiger partial charge in [0, 0.05) is 32.1 Å². The van der Waals surface area contributed by atoms with Crippen molar-refractivity contribution in [2.24, 2.45) is 5.92 Å². The highest BCUT2D eigenvalue weighted by atomic mass is 19.1. The molecule has 2 unspecified atom stereocenters. The van der Waals surface area contributed by atoms with E-state index in [1.165, 1.54) is 12.1 Å². The van der Waals surface area contributed by atoms with Crippen LogP contribution >= 0.6 is 0 Å². The summed E-state index contributed by atoms with van der Waals surface area (Å²) in [6.07, 6.45) is 4.96. The molecule has 2 saturated heterocycles. The van der Waals surface area contributed by atoms with Crippen LogP contribution < -0.4 is 15.4 Å². The SMILES string of the molecule is O=C(NCC1CCCN(C(=O)CCCOc2cccc(F)c2)C1)C1CCCN1. The summed E-state index contributed by atoms with van der Waals surface area (Å²) in [6.45, 7) is 3.40. The van der Waals surface area contributed by atoms with Gasteiger partial charge in [-0.25, -0.2) is 4.39 Å². The molecule has 7 heteroatoms. The summed E-state index contributed by atoms with van der Waals surface area (Å²) >= 11 is 0. The second kappa shape index (κ2) is 10.4. The van der Waals surface area contributed by atoms with Crippen molar-refractivity contribution in [1.82, 2.24) is 15.5 Å². The zero-order valence-electron chi connectivity index (χ0n) is 16.3.